The van der Waals surface area contributed by atoms with E-state index in [4.69, 9.17) is 4.74 Å². The molecule has 174 valence electrons. The van der Waals surface area contributed by atoms with E-state index in [9.17, 15) is 32.3 Å². The molecule has 0 saturated carbocycles. The maximum atomic E-state index is 12.9. The number of H-pyrrole nitrogens is 1. The van der Waals surface area contributed by atoms with E-state index in [-0.39, 0.29) is 16.7 Å². The summed E-state index contributed by atoms with van der Waals surface area (Å²) in [5.74, 6) is -1.63. The van der Waals surface area contributed by atoms with Gasteiger partial charge in [0.25, 0.3) is 23.3 Å². The van der Waals surface area contributed by atoms with E-state index in [1.165, 1.54) is 12.1 Å². The number of alkyl halides is 3. The molecule has 34 heavy (non-hydrogen) atoms. The van der Waals surface area contributed by atoms with Gasteiger partial charge >= 0.3 is 6.18 Å². The van der Waals surface area contributed by atoms with Gasteiger partial charge in [-0.1, -0.05) is 0 Å². The number of imide groups is 1. The lowest BCUT2D eigenvalue weighted by Gasteiger charge is -2.14. The van der Waals surface area contributed by atoms with Crippen LogP contribution in [0.1, 0.15) is 43.6 Å². The minimum absolute atomic E-state index is 0.0514. The van der Waals surface area contributed by atoms with Crippen LogP contribution < -0.4 is 20.5 Å². The highest BCUT2D eigenvalue weighted by atomic mass is 19.4. The zero-order valence-corrected chi connectivity index (χ0v) is 17.5. The van der Waals surface area contributed by atoms with Crippen molar-refractivity contribution < 1.29 is 32.3 Å². The molecule has 0 aliphatic carbocycles. The number of nitrogens with one attached hydrogen (secondary N) is 2. The number of hydrogen-bond donors (Lipinski definition) is 2. The molecule has 4 rings (SSSR count). The number of nitrogens with zero attached hydrogens (tertiary/aromatic N) is 1. The van der Waals surface area contributed by atoms with E-state index in [0.717, 1.165) is 11.0 Å². The van der Waals surface area contributed by atoms with E-state index in [2.05, 4.69) is 5.32 Å². The van der Waals surface area contributed by atoms with Gasteiger partial charge in [-0.3, -0.25) is 19.2 Å². The number of pyridine rings is 1. The summed E-state index contributed by atoms with van der Waals surface area (Å²) in [6.45, 7) is 2.26. The molecule has 0 unspecified atom stereocenters. The van der Waals surface area contributed by atoms with Crippen molar-refractivity contribution in [3.05, 3.63) is 87.3 Å². The molecule has 8 nitrogen and oxygen atoms in total. The molecular weight excluding hydrogens is 455 g/mol. The van der Waals surface area contributed by atoms with Gasteiger partial charge in [0, 0.05) is 11.8 Å². The van der Waals surface area contributed by atoms with Crippen LogP contribution >= 0.6 is 0 Å². The molecule has 0 fully saturated rings. The van der Waals surface area contributed by atoms with Crippen LogP contribution in [0.2, 0.25) is 0 Å². The molecule has 11 heteroatoms. The minimum atomic E-state index is -4.73. The highest BCUT2D eigenvalue weighted by Gasteiger charge is 2.37. The van der Waals surface area contributed by atoms with Crippen LogP contribution in [0.5, 0.6) is 5.75 Å². The van der Waals surface area contributed by atoms with Gasteiger partial charge in [0.05, 0.1) is 29.0 Å². The Morgan fingerprint density at radius 2 is 1.68 bits per heavy atom. The summed E-state index contributed by atoms with van der Waals surface area (Å²) in [6.07, 6.45) is -4.23. The maximum Gasteiger partial charge on any atom is 0.417 e. The standard InChI is InChI=1S/C23H16F3N3O5/c1-2-34-15-6-4-14(5-7-15)29-21(32)16-8-3-12(9-17(16)22(29)33)19(30)28-18-10-13(23(24,25)26)11-27-20(18)31/h3-11H,2H2,1H3,(H,27,31)(H,28,30). The maximum absolute atomic E-state index is 12.9. The number of carbonyl (C=O) groups is 3. The van der Waals surface area contributed by atoms with Crippen LogP contribution in [0.4, 0.5) is 24.5 Å². The Kier molecular flexibility index (Phi) is 5.70. The van der Waals surface area contributed by atoms with E-state index < -0.39 is 40.7 Å². The summed E-state index contributed by atoms with van der Waals surface area (Å²) in [7, 11) is 0. The fraction of sp³-hybridized carbons (Fsp3) is 0.130. The monoisotopic (exact) mass is 471 g/mol. The van der Waals surface area contributed by atoms with Crippen LogP contribution in [-0.4, -0.2) is 29.3 Å². The number of amides is 3. The predicted octanol–water partition coefficient (Wildman–Crippen LogP) is 3.85. The Balaban J connectivity index is 1.60. The predicted molar refractivity (Wildman–Crippen MR) is 115 cm³/mol. The molecule has 1 aliphatic rings. The largest absolute Gasteiger partial charge is 0.494 e. The molecule has 3 amide bonds. The smallest absolute Gasteiger partial charge is 0.417 e. The fourth-order valence-corrected chi connectivity index (χ4v) is 3.41. The first-order valence-electron chi connectivity index (χ1n) is 9.97. The third-order valence-electron chi connectivity index (χ3n) is 5.03. The number of anilines is 2. The summed E-state index contributed by atoms with van der Waals surface area (Å²) in [5.41, 5.74) is -2.50. The van der Waals surface area contributed by atoms with Gasteiger partial charge in [-0.25, -0.2) is 4.90 Å². The van der Waals surface area contributed by atoms with Crippen molar-refractivity contribution in [2.24, 2.45) is 0 Å². The van der Waals surface area contributed by atoms with E-state index in [1.807, 2.05) is 11.9 Å². The van der Waals surface area contributed by atoms with Crippen molar-refractivity contribution in [2.75, 3.05) is 16.8 Å². The highest BCUT2D eigenvalue weighted by molar-refractivity contribution is 6.34. The lowest BCUT2D eigenvalue weighted by Crippen LogP contribution is -2.29. The average Bonchev–Trinajstić information content (AvgIpc) is 3.05. The van der Waals surface area contributed by atoms with Crippen LogP contribution in [0.15, 0.2) is 59.5 Å². The van der Waals surface area contributed by atoms with Crippen molar-refractivity contribution in [3.63, 3.8) is 0 Å². The zero-order chi connectivity index (χ0) is 24.6. The molecular formula is C23H16F3N3O5. The summed E-state index contributed by atoms with van der Waals surface area (Å²) >= 11 is 0. The lowest BCUT2D eigenvalue weighted by molar-refractivity contribution is -0.137. The van der Waals surface area contributed by atoms with Crippen LogP contribution in [0.3, 0.4) is 0 Å². The first-order valence-corrected chi connectivity index (χ1v) is 9.97. The number of fused-ring (bicyclic) bond motifs is 1. The number of aromatic amines is 1. The molecule has 2 aromatic carbocycles. The Labute approximate surface area is 190 Å². The molecule has 0 radical (unpaired) electrons. The van der Waals surface area contributed by atoms with Gasteiger partial charge in [-0.05, 0) is 55.5 Å². The van der Waals surface area contributed by atoms with Gasteiger partial charge in [-0.15, -0.1) is 0 Å². The SMILES string of the molecule is CCOc1ccc(N2C(=O)c3ccc(C(=O)Nc4cc(C(F)(F)F)c[nH]c4=O)cc3C2=O)cc1. The summed E-state index contributed by atoms with van der Waals surface area (Å²) in [4.78, 5) is 53.0. The first kappa shape index (κ1) is 22.8. The van der Waals surface area contributed by atoms with Crippen molar-refractivity contribution in [1.29, 1.82) is 0 Å². The number of carbonyl (C=O) groups excluding carboxylic acids is 3. The molecule has 2 heterocycles. The quantitative estimate of drug-likeness (QED) is 0.550. The van der Waals surface area contributed by atoms with Crippen molar-refractivity contribution in [2.45, 2.75) is 13.1 Å². The Morgan fingerprint density at radius 3 is 2.32 bits per heavy atom. The molecule has 2 N–H and O–H groups in total. The van der Waals surface area contributed by atoms with Crippen molar-refractivity contribution in [1.82, 2.24) is 4.98 Å². The lowest BCUT2D eigenvalue weighted by atomic mass is 10.1. The average molecular weight is 471 g/mol. The third-order valence-corrected chi connectivity index (χ3v) is 5.03. The van der Waals surface area contributed by atoms with E-state index in [0.29, 0.717) is 30.3 Å². The third kappa shape index (κ3) is 4.15. The van der Waals surface area contributed by atoms with Crippen LogP contribution in [0.25, 0.3) is 0 Å². The number of halogens is 3. The van der Waals surface area contributed by atoms with Gasteiger partial charge in [-0.2, -0.15) is 13.2 Å². The summed E-state index contributed by atoms with van der Waals surface area (Å²) < 4.78 is 44.1. The first-order chi connectivity index (χ1) is 16.1. The Hall–Kier alpha value is -4.41. The second-order valence-electron chi connectivity index (χ2n) is 7.22. The van der Waals surface area contributed by atoms with Crippen molar-refractivity contribution in [3.8, 4) is 5.75 Å². The van der Waals surface area contributed by atoms with Gasteiger partial charge in [0.1, 0.15) is 11.4 Å². The number of benzene rings is 2. The highest BCUT2D eigenvalue weighted by Crippen LogP contribution is 2.31. The topological polar surface area (TPSA) is 109 Å². The second-order valence-corrected chi connectivity index (χ2v) is 7.22. The second kappa shape index (κ2) is 8.50. The molecule has 0 spiro atoms. The molecule has 0 bridgehead atoms. The van der Waals surface area contributed by atoms with Gasteiger partial charge in [0.15, 0.2) is 0 Å². The van der Waals surface area contributed by atoms with Gasteiger partial charge in [0.2, 0.25) is 0 Å². The van der Waals surface area contributed by atoms with Crippen molar-refractivity contribution >= 4 is 29.1 Å². The number of rotatable bonds is 5. The van der Waals surface area contributed by atoms with Gasteiger partial charge < -0.3 is 15.0 Å². The molecule has 3 aromatic rings. The zero-order valence-electron chi connectivity index (χ0n) is 17.5. The fourth-order valence-electron chi connectivity index (χ4n) is 3.41. The summed E-state index contributed by atoms with van der Waals surface area (Å²) in [5, 5.41) is 2.11. The van der Waals surface area contributed by atoms with Crippen LogP contribution in [0, 0.1) is 0 Å². The Bertz CT molecular complexity index is 1360. The van der Waals surface area contributed by atoms with E-state index in [1.54, 1.807) is 24.3 Å². The molecule has 0 saturated heterocycles. The summed E-state index contributed by atoms with van der Waals surface area (Å²) in [6, 6.07) is 10.5. The molecule has 0 atom stereocenters. The van der Waals surface area contributed by atoms with E-state index >= 15 is 0 Å². The van der Waals surface area contributed by atoms with Crippen LogP contribution in [-0.2, 0) is 6.18 Å². The number of hydrogen-bond acceptors (Lipinski definition) is 5. The molecule has 1 aromatic heterocycles. The normalized spacial score (nSPS) is 13.1. The molecule has 1 aliphatic heterocycles. The minimum Gasteiger partial charge on any atom is -0.494 e. The Morgan fingerprint density at radius 1 is 1.00 bits per heavy atom. The number of aromatic nitrogens is 1. The number of ether oxygens (including phenoxy) is 1.